The van der Waals surface area contributed by atoms with Crippen LogP contribution in [0.25, 0.3) is 11.1 Å². The van der Waals surface area contributed by atoms with Crippen molar-refractivity contribution < 1.29 is 14.3 Å². The van der Waals surface area contributed by atoms with E-state index in [9.17, 15) is 9.59 Å². The Kier molecular flexibility index (Phi) is 11.0. The largest absolute Gasteiger partial charge is 0.381 e. The standard InChI is InChI=1S/C36H53N5O3/c1-6-41(31-12-18-44-19-13-31)34-22-30(29-10-8-28(9-11-29)24-40-15-7-14-39(5)16-17-40)21-32(27(34)4)35(42)37-23-33-25(2)20-26(3)38-36(33)43/h8-11,21-22,25-26,31,33H,6-7,12-20,23-24H2,1-5H3,(H,37,42)(H,38,43). The van der Waals surface area contributed by atoms with Gasteiger partial charge in [-0.25, -0.2) is 0 Å². The lowest BCUT2D eigenvalue weighted by Gasteiger charge is -2.37. The Bertz CT molecular complexity index is 1280. The smallest absolute Gasteiger partial charge is 0.251 e. The van der Waals surface area contributed by atoms with E-state index >= 15 is 0 Å². The van der Waals surface area contributed by atoms with E-state index in [0.717, 1.165) is 94.1 Å². The molecule has 3 unspecified atom stereocenters. The van der Waals surface area contributed by atoms with E-state index in [0.29, 0.717) is 18.2 Å². The first-order valence-electron chi connectivity index (χ1n) is 16.8. The van der Waals surface area contributed by atoms with E-state index in [-0.39, 0.29) is 29.7 Å². The minimum atomic E-state index is -0.218. The number of rotatable bonds is 9. The van der Waals surface area contributed by atoms with Gasteiger partial charge in [0.15, 0.2) is 0 Å². The zero-order valence-electron chi connectivity index (χ0n) is 27.5. The van der Waals surface area contributed by atoms with Gasteiger partial charge in [-0.1, -0.05) is 31.2 Å². The molecule has 0 bridgehead atoms. The lowest BCUT2D eigenvalue weighted by molar-refractivity contribution is -0.129. The van der Waals surface area contributed by atoms with Gasteiger partial charge in [0.25, 0.3) is 5.91 Å². The van der Waals surface area contributed by atoms with Gasteiger partial charge >= 0.3 is 0 Å². The van der Waals surface area contributed by atoms with Gasteiger partial charge in [-0.05, 0) is 107 Å². The summed E-state index contributed by atoms with van der Waals surface area (Å²) in [5.41, 5.74) is 6.24. The molecule has 0 aromatic heterocycles. The number of likely N-dealkylation sites (N-methyl/N-ethyl adjacent to an activating group) is 1. The number of benzene rings is 2. The van der Waals surface area contributed by atoms with Crippen molar-refractivity contribution in [2.45, 2.75) is 72.0 Å². The maximum absolute atomic E-state index is 13.8. The number of piperidine rings is 1. The Hall–Kier alpha value is -2.94. The highest BCUT2D eigenvalue weighted by atomic mass is 16.5. The number of nitrogens with zero attached hydrogens (tertiary/aromatic N) is 3. The van der Waals surface area contributed by atoms with Crippen LogP contribution >= 0.6 is 0 Å². The highest BCUT2D eigenvalue weighted by Gasteiger charge is 2.33. The molecule has 3 heterocycles. The molecule has 240 valence electrons. The lowest BCUT2D eigenvalue weighted by Crippen LogP contribution is -2.50. The van der Waals surface area contributed by atoms with Crippen LogP contribution in [0.5, 0.6) is 0 Å². The van der Waals surface area contributed by atoms with Crippen LogP contribution in [0, 0.1) is 18.8 Å². The molecule has 3 atom stereocenters. The average molecular weight is 604 g/mol. The van der Waals surface area contributed by atoms with Crippen LogP contribution in [0.3, 0.4) is 0 Å². The summed E-state index contributed by atoms with van der Waals surface area (Å²) in [6.07, 6.45) is 4.09. The van der Waals surface area contributed by atoms with Crippen molar-refractivity contribution >= 4 is 17.5 Å². The maximum Gasteiger partial charge on any atom is 0.251 e. The molecule has 3 fully saturated rings. The SMILES string of the molecule is CCN(c1cc(-c2ccc(CN3CCCN(C)CC3)cc2)cc(C(=O)NCC2C(=O)NC(C)CC2C)c1C)C1CCOCC1. The van der Waals surface area contributed by atoms with E-state index < -0.39 is 0 Å². The Balaban J connectivity index is 1.41. The highest BCUT2D eigenvalue weighted by molar-refractivity contribution is 5.99. The number of anilines is 1. The lowest BCUT2D eigenvalue weighted by atomic mass is 9.84. The van der Waals surface area contributed by atoms with Crippen molar-refractivity contribution in [3.8, 4) is 11.1 Å². The van der Waals surface area contributed by atoms with Gasteiger partial charge in [-0.3, -0.25) is 14.5 Å². The number of nitrogens with one attached hydrogen (secondary N) is 2. The third-order valence-electron chi connectivity index (χ3n) is 10.0. The van der Waals surface area contributed by atoms with Gasteiger partial charge in [0.1, 0.15) is 0 Å². The maximum atomic E-state index is 13.8. The van der Waals surface area contributed by atoms with Gasteiger partial charge < -0.3 is 25.2 Å². The first-order valence-corrected chi connectivity index (χ1v) is 16.8. The predicted molar refractivity (Wildman–Crippen MR) is 178 cm³/mol. The van der Waals surface area contributed by atoms with E-state index in [4.69, 9.17) is 4.74 Å². The number of amides is 2. The number of hydrogen-bond acceptors (Lipinski definition) is 6. The second-order valence-corrected chi connectivity index (χ2v) is 13.4. The summed E-state index contributed by atoms with van der Waals surface area (Å²) in [5.74, 6) is -0.0776. The van der Waals surface area contributed by atoms with E-state index in [1.807, 2.05) is 13.0 Å². The van der Waals surface area contributed by atoms with Crippen LogP contribution in [-0.4, -0.2) is 93.2 Å². The van der Waals surface area contributed by atoms with Crippen molar-refractivity contribution in [1.29, 1.82) is 0 Å². The summed E-state index contributed by atoms with van der Waals surface area (Å²) in [5, 5.41) is 6.20. The molecule has 0 spiro atoms. The molecule has 3 aliphatic heterocycles. The van der Waals surface area contributed by atoms with Crippen molar-refractivity contribution in [3.63, 3.8) is 0 Å². The third-order valence-corrected chi connectivity index (χ3v) is 10.0. The Morgan fingerprint density at radius 3 is 2.50 bits per heavy atom. The fourth-order valence-corrected chi connectivity index (χ4v) is 7.32. The zero-order chi connectivity index (χ0) is 31.2. The molecule has 0 saturated carbocycles. The minimum Gasteiger partial charge on any atom is -0.381 e. The molecule has 2 amide bonds. The molecule has 2 aromatic rings. The van der Waals surface area contributed by atoms with Crippen molar-refractivity contribution in [1.82, 2.24) is 20.4 Å². The molecule has 2 N–H and O–H groups in total. The first kappa shape index (κ1) is 32.5. The summed E-state index contributed by atoms with van der Waals surface area (Å²) < 4.78 is 5.68. The second kappa shape index (κ2) is 14.9. The van der Waals surface area contributed by atoms with Crippen LogP contribution < -0.4 is 15.5 Å². The van der Waals surface area contributed by atoms with Gasteiger partial charge in [-0.2, -0.15) is 0 Å². The molecule has 8 heteroatoms. The van der Waals surface area contributed by atoms with Gasteiger partial charge in [-0.15, -0.1) is 0 Å². The molecule has 8 nitrogen and oxygen atoms in total. The second-order valence-electron chi connectivity index (χ2n) is 13.4. The highest BCUT2D eigenvalue weighted by Crippen LogP contribution is 2.34. The Morgan fingerprint density at radius 1 is 1.05 bits per heavy atom. The summed E-state index contributed by atoms with van der Waals surface area (Å²) in [6.45, 7) is 16.6. The molecule has 5 rings (SSSR count). The summed E-state index contributed by atoms with van der Waals surface area (Å²) >= 11 is 0. The molecule has 3 aliphatic rings. The van der Waals surface area contributed by atoms with Gasteiger partial charge in [0, 0.05) is 69.3 Å². The minimum absolute atomic E-state index is 0.0340. The fraction of sp³-hybridized carbons (Fsp3) is 0.611. The molecule has 0 radical (unpaired) electrons. The predicted octanol–water partition coefficient (Wildman–Crippen LogP) is 4.70. The quantitative estimate of drug-likeness (QED) is 0.433. The van der Waals surface area contributed by atoms with E-state index in [2.05, 4.69) is 83.5 Å². The van der Waals surface area contributed by atoms with Crippen molar-refractivity contribution in [2.24, 2.45) is 11.8 Å². The Morgan fingerprint density at radius 2 is 1.80 bits per heavy atom. The fourth-order valence-electron chi connectivity index (χ4n) is 7.32. The van der Waals surface area contributed by atoms with Gasteiger partial charge in [0.2, 0.25) is 5.91 Å². The first-order chi connectivity index (χ1) is 21.2. The molecule has 44 heavy (non-hydrogen) atoms. The van der Waals surface area contributed by atoms with Crippen LogP contribution in [-0.2, 0) is 16.1 Å². The average Bonchev–Trinajstić information content (AvgIpc) is 3.22. The number of carbonyl (C=O) groups excluding carboxylic acids is 2. The monoisotopic (exact) mass is 603 g/mol. The molecular formula is C36H53N5O3. The normalized spacial score (nSPS) is 24.0. The topological polar surface area (TPSA) is 77.2 Å². The molecule has 0 aliphatic carbocycles. The van der Waals surface area contributed by atoms with Crippen LogP contribution in [0.2, 0.25) is 0 Å². The summed E-state index contributed by atoms with van der Waals surface area (Å²) in [4.78, 5) is 34.0. The van der Waals surface area contributed by atoms with Crippen molar-refractivity contribution in [2.75, 3.05) is 64.4 Å². The number of hydrogen-bond donors (Lipinski definition) is 2. The molecular weight excluding hydrogens is 550 g/mol. The van der Waals surface area contributed by atoms with Crippen LogP contribution in [0.1, 0.15) is 67.9 Å². The Labute approximate surface area is 264 Å². The van der Waals surface area contributed by atoms with Crippen molar-refractivity contribution in [3.05, 3.63) is 53.1 Å². The summed E-state index contributed by atoms with van der Waals surface area (Å²) in [7, 11) is 2.21. The number of ether oxygens (including phenoxy) is 1. The zero-order valence-corrected chi connectivity index (χ0v) is 27.5. The third kappa shape index (κ3) is 7.82. The van der Waals surface area contributed by atoms with Crippen LogP contribution in [0.15, 0.2) is 36.4 Å². The molecule has 2 aromatic carbocycles. The number of carbonyl (C=O) groups is 2. The molecule has 3 saturated heterocycles. The van der Waals surface area contributed by atoms with E-state index in [1.165, 1.54) is 12.0 Å². The van der Waals surface area contributed by atoms with Gasteiger partial charge in [0.05, 0.1) is 5.92 Å². The van der Waals surface area contributed by atoms with E-state index in [1.54, 1.807) is 0 Å². The summed E-state index contributed by atoms with van der Waals surface area (Å²) in [6, 6.07) is 13.7. The van der Waals surface area contributed by atoms with Crippen LogP contribution in [0.4, 0.5) is 5.69 Å².